The van der Waals surface area contributed by atoms with E-state index in [0.29, 0.717) is 32.1 Å². The van der Waals surface area contributed by atoms with Crippen LogP contribution in [0.1, 0.15) is 195 Å². The number of phosphoric acid groups is 2. The van der Waals surface area contributed by atoms with E-state index in [1.165, 1.54) is 0 Å². The monoisotopic (exact) mass is 1450 g/mol. The number of esters is 4. The second-order valence-corrected chi connectivity index (χ2v) is 25.6. The molecule has 0 spiro atoms. The van der Waals surface area contributed by atoms with E-state index in [1.807, 2.05) is 48.6 Å². The molecular formula is C83H122O17P2. The average Bonchev–Trinajstić information content (AvgIpc) is 0.923. The first kappa shape index (κ1) is 94.9. The zero-order chi connectivity index (χ0) is 74.6. The zero-order valence-corrected chi connectivity index (χ0v) is 63.2. The lowest BCUT2D eigenvalue weighted by molar-refractivity contribution is -0.160. The number of aliphatic hydroxyl groups excluding tert-OH is 1. The molecule has 0 aliphatic heterocycles. The van der Waals surface area contributed by atoms with Crippen LogP contribution in [0.15, 0.2) is 243 Å². The lowest BCUT2D eigenvalue weighted by Crippen LogP contribution is -2.30. The second-order valence-electron chi connectivity index (χ2n) is 22.7. The van der Waals surface area contributed by atoms with Crippen LogP contribution in [0.4, 0.5) is 0 Å². The molecule has 5 atom stereocenters. The van der Waals surface area contributed by atoms with Crippen molar-refractivity contribution in [3.63, 3.8) is 0 Å². The predicted molar refractivity (Wildman–Crippen MR) is 417 cm³/mol. The molecule has 0 aromatic carbocycles. The summed E-state index contributed by atoms with van der Waals surface area (Å²) in [5, 5.41) is 10.6. The highest BCUT2D eigenvalue weighted by molar-refractivity contribution is 7.47. The van der Waals surface area contributed by atoms with Crippen molar-refractivity contribution in [1.82, 2.24) is 0 Å². The van der Waals surface area contributed by atoms with Gasteiger partial charge in [-0.1, -0.05) is 271 Å². The van der Waals surface area contributed by atoms with Gasteiger partial charge in [-0.25, -0.2) is 9.13 Å². The molecule has 0 aromatic heterocycles. The normalized spacial score (nSPS) is 15.3. The molecule has 0 aromatic rings. The molecule has 566 valence electrons. The Kier molecular flexibility index (Phi) is 67.2. The maximum absolute atomic E-state index is 13.1. The standard InChI is InChI=1S/C83H122O17P2/c1-5-9-13-17-21-25-29-33-37-38-42-44-48-52-56-60-64-68-81(86)94-74-79(100-83(88)70-66-62-58-54-50-46-41-36-32-28-24-20-16-12-8-4)76-98-102(91,92)96-72-77(84)71-95-101(89,90)97-75-78(99-82(87)69-65-61-57-53-49-45-40-35-31-27-23-19-15-11-7-3)73-93-80(85)67-63-59-55-51-47-43-39-34-30-26-22-18-14-10-6-2/h9-16,21-28,33-37,39-42,44,47,49-54,56,59,61-63,65-66,77-79,84H,5-8,17-20,29-32,38,43,45-46,48,55,57-58,60,64,67-76H2,1-4H3,(H,89,90)(H,91,92)/b13-9-,14-10-,15-11-,16-12-,25-21-,26-22-,27-23-,28-24-,37-33-,39-34-,40-35-,41-36-,44-42-,51-47-,53-49-,54-50-,56-52-,63-59-,65-61-,66-62-. The molecule has 0 amide bonds. The van der Waals surface area contributed by atoms with Gasteiger partial charge in [0, 0.05) is 6.42 Å². The van der Waals surface area contributed by atoms with Gasteiger partial charge >= 0.3 is 39.5 Å². The van der Waals surface area contributed by atoms with Crippen molar-refractivity contribution in [3.8, 4) is 0 Å². The van der Waals surface area contributed by atoms with Crippen molar-refractivity contribution in [2.75, 3.05) is 39.6 Å². The third-order valence-electron chi connectivity index (χ3n) is 13.4. The van der Waals surface area contributed by atoms with Gasteiger partial charge in [-0.3, -0.25) is 37.3 Å². The fraction of sp³-hybridized carbons (Fsp3) is 0.470. The summed E-state index contributed by atoms with van der Waals surface area (Å²) in [6.07, 6.45) is 94.2. The summed E-state index contributed by atoms with van der Waals surface area (Å²) in [6, 6.07) is 0. The summed E-state index contributed by atoms with van der Waals surface area (Å²) in [7, 11) is -10.1. The molecule has 3 N–H and O–H groups in total. The minimum absolute atomic E-state index is 0.0477. The van der Waals surface area contributed by atoms with Crippen LogP contribution in [-0.4, -0.2) is 96.7 Å². The lowest BCUT2D eigenvalue weighted by Gasteiger charge is -2.21. The van der Waals surface area contributed by atoms with Gasteiger partial charge in [-0.05, 0) is 141 Å². The Morgan fingerprint density at radius 2 is 0.500 bits per heavy atom. The number of unbranched alkanes of at least 4 members (excludes halogenated alkanes) is 1. The molecule has 0 aliphatic rings. The maximum atomic E-state index is 13.1. The summed E-state index contributed by atoms with van der Waals surface area (Å²) < 4.78 is 67.9. The van der Waals surface area contributed by atoms with E-state index in [2.05, 4.69) is 186 Å². The van der Waals surface area contributed by atoms with Gasteiger partial charge in [-0.15, -0.1) is 0 Å². The minimum Gasteiger partial charge on any atom is -0.462 e. The molecular weight excluding hydrogens is 1330 g/mol. The van der Waals surface area contributed by atoms with Crippen LogP contribution in [0.25, 0.3) is 0 Å². The van der Waals surface area contributed by atoms with Crippen LogP contribution in [-0.2, 0) is 65.4 Å². The number of ether oxygens (including phenoxy) is 4. The number of phosphoric ester groups is 2. The molecule has 17 nitrogen and oxygen atoms in total. The third kappa shape index (κ3) is 71.3. The van der Waals surface area contributed by atoms with Crippen molar-refractivity contribution in [2.24, 2.45) is 0 Å². The number of hydrogen-bond donors (Lipinski definition) is 3. The first-order valence-electron chi connectivity index (χ1n) is 36.3. The Morgan fingerprint density at radius 3 is 0.765 bits per heavy atom. The molecule has 0 saturated heterocycles. The van der Waals surface area contributed by atoms with E-state index in [0.717, 1.165) is 109 Å². The first-order valence-corrected chi connectivity index (χ1v) is 39.3. The average molecular weight is 1450 g/mol. The minimum atomic E-state index is -5.04. The van der Waals surface area contributed by atoms with Gasteiger partial charge in [0.2, 0.25) is 0 Å². The number of carbonyl (C=O) groups excluding carboxylic acids is 4. The molecule has 102 heavy (non-hydrogen) atoms. The highest BCUT2D eigenvalue weighted by atomic mass is 31.2. The van der Waals surface area contributed by atoms with Gasteiger partial charge in [0.15, 0.2) is 12.2 Å². The van der Waals surface area contributed by atoms with E-state index in [-0.39, 0.29) is 25.7 Å². The second kappa shape index (κ2) is 72.2. The third-order valence-corrected chi connectivity index (χ3v) is 15.3. The van der Waals surface area contributed by atoms with Crippen LogP contribution in [0.3, 0.4) is 0 Å². The largest absolute Gasteiger partial charge is 0.472 e. The number of carbonyl (C=O) groups is 4. The Labute approximate surface area is 612 Å². The first-order chi connectivity index (χ1) is 49.7. The maximum Gasteiger partial charge on any atom is 0.472 e. The highest BCUT2D eigenvalue weighted by Crippen LogP contribution is 2.45. The van der Waals surface area contributed by atoms with E-state index >= 15 is 0 Å². The number of aliphatic hydroxyl groups is 1. The van der Waals surface area contributed by atoms with Gasteiger partial charge in [0.1, 0.15) is 19.3 Å². The molecule has 0 rings (SSSR count). The molecule has 0 saturated carbocycles. The zero-order valence-electron chi connectivity index (χ0n) is 61.4. The summed E-state index contributed by atoms with van der Waals surface area (Å²) in [4.78, 5) is 72.6. The Hall–Kier alpha value is -7.14. The van der Waals surface area contributed by atoms with E-state index < -0.39 is 97.5 Å². The fourth-order valence-electron chi connectivity index (χ4n) is 8.06. The Morgan fingerprint density at radius 1 is 0.284 bits per heavy atom. The quantitative estimate of drug-likeness (QED) is 0.0169. The van der Waals surface area contributed by atoms with Crippen molar-refractivity contribution in [2.45, 2.75) is 213 Å². The molecule has 0 heterocycles. The summed E-state index contributed by atoms with van der Waals surface area (Å²) in [5.74, 6) is -2.74. The SMILES string of the molecule is CC/C=C\C/C=C\C/C=C\C/C=C\C/C=C\CCCC(=O)OCC(COP(=O)(O)OCC(O)COP(=O)(O)OCC(COC(=O)C/C=C\C/C=C\C/C=C\C/C=C\C/C=C\CC)OC(=O)C/C=C\C/C=C\C/C=C\C/C=C\C/C=C\CC)OC(=O)C/C=C\C/C=C\C/C=C\C/C=C\C/C=C\CC. The van der Waals surface area contributed by atoms with Crippen LogP contribution in [0, 0.1) is 0 Å². The van der Waals surface area contributed by atoms with Gasteiger partial charge in [0.25, 0.3) is 0 Å². The van der Waals surface area contributed by atoms with Gasteiger partial charge < -0.3 is 33.8 Å². The lowest BCUT2D eigenvalue weighted by atomic mass is 10.2. The van der Waals surface area contributed by atoms with Crippen LogP contribution < -0.4 is 0 Å². The molecule has 0 radical (unpaired) electrons. The van der Waals surface area contributed by atoms with E-state index in [9.17, 15) is 43.2 Å². The summed E-state index contributed by atoms with van der Waals surface area (Å²) in [5.41, 5.74) is 0. The van der Waals surface area contributed by atoms with E-state index in [4.69, 9.17) is 37.0 Å². The number of hydrogen-bond acceptors (Lipinski definition) is 15. The molecule has 5 unspecified atom stereocenters. The highest BCUT2D eigenvalue weighted by Gasteiger charge is 2.30. The number of rotatable bonds is 64. The Bertz CT molecular complexity index is 2900. The molecule has 0 fully saturated rings. The predicted octanol–water partition coefficient (Wildman–Crippen LogP) is 20.9. The molecule has 0 aliphatic carbocycles. The molecule has 19 heteroatoms. The molecule has 0 bridgehead atoms. The summed E-state index contributed by atoms with van der Waals surface area (Å²) in [6.45, 7) is 3.90. The van der Waals surface area contributed by atoms with E-state index in [1.54, 1.807) is 36.5 Å². The smallest absolute Gasteiger partial charge is 0.462 e. The van der Waals surface area contributed by atoms with Crippen molar-refractivity contribution >= 4 is 39.5 Å². The van der Waals surface area contributed by atoms with Crippen molar-refractivity contribution < 1.29 is 80.2 Å². The van der Waals surface area contributed by atoms with Gasteiger partial charge in [-0.2, -0.15) is 0 Å². The number of allylic oxidation sites excluding steroid dienone is 37. The van der Waals surface area contributed by atoms with Crippen molar-refractivity contribution in [1.29, 1.82) is 0 Å². The topological polar surface area (TPSA) is 237 Å². The van der Waals surface area contributed by atoms with Crippen molar-refractivity contribution in [3.05, 3.63) is 243 Å². The van der Waals surface area contributed by atoms with Crippen LogP contribution in [0.5, 0.6) is 0 Å². The summed E-state index contributed by atoms with van der Waals surface area (Å²) >= 11 is 0. The van der Waals surface area contributed by atoms with Crippen LogP contribution in [0.2, 0.25) is 0 Å². The Balaban J connectivity index is 5.66. The van der Waals surface area contributed by atoms with Crippen LogP contribution >= 0.6 is 15.6 Å². The fourth-order valence-corrected chi connectivity index (χ4v) is 9.64. The van der Waals surface area contributed by atoms with Gasteiger partial charge in [0.05, 0.1) is 45.7 Å².